The molecule has 1 aliphatic heterocycles. The Morgan fingerprint density at radius 2 is 2.16 bits per heavy atom. The van der Waals surface area contributed by atoms with Crippen LogP contribution in [0.4, 0.5) is 9.52 Å². The summed E-state index contributed by atoms with van der Waals surface area (Å²) in [6.45, 7) is 5.36. The van der Waals surface area contributed by atoms with E-state index in [0.717, 1.165) is 60.7 Å². The number of imidazole rings is 1. The van der Waals surface area contributed by atoms with Crippen molar-refractivity contribution in [2.45, 2.75) is 0 Å². The molecule has 0 unspecified atom stereocenters. The van der Waals surface area contributed by atoms with Gasteiger partial charge in [-0.1, -0.05) is 22.9 Å². The highest BCUT2D eigenvalue weighted by atomic mass is 35.5. The van der Waals surface area contributed by atoms with Crippen molar-refractivity contribution in [2.75, 3.05) is 44.7 Å². The molecular weight excluding hydrogens is 365 g/mol. The molecule has 0 bridgehead atoms. The lowest BCUT2D eigenvalue weighted by molar-refractivity contribution is 0.0398. The van der Waals surface area contributed by atoms with E-state index in [1.54, 1.807) is 16.6 Å². The second-order valence-electron chi connectivity index (χ2n) is 5.77. The highest BCUT2D eigenvalue weighted by Gasteiger charge is 2.12. The van der Waals surface area contributed by atoms with E-state index in [-0.39, 0.29) is 5.02 Å². The van der Waals surface area contributed by atoms with E-state index in [9.17, 15) is 4.39 Å². The minimum atomic E-state index is -0.434. The molecule has 3 heterocycles. The maximum atomic E-state index is 13.3. The molecule has 1 aliphatic rings. The van der Waals surface area contributed by atoms with Crippen molar-refractivity contribution in [1.82, 2.24) is 19.5 Å². The fourth-order valence-corrected chi connectivity index (χ4v) is 3.70. The molecule has 0 atom stereocenters. The van der Waals surface area contributed by atoms with Crippen molar-refractivity contribution in [1.29, 1.82) is 0 Å². The SMILES string of the molecule is Fc1ccc(-c2cn3nc(NCCN4CCOCC4)sc3n2)cc1Cl. The summed E-state index contributed by atoms with van der Waals surface area (Å²) in [7, 11) is 0. The van der Waals surface area contributed by atoms with Crippen LogP contribution in [0.25, 0.3) is 16.2 Å². The highest BCUT2D eigenvalue weighted by molar-refractivity contribution is 7.20. The molecule has 4 rings (SSSR count). The average Bonchev–Trinajstić information content (AvgIpc) is 3.17. The number of nitrogens with one attached hydrogen (secondary N) is 1. The number of benzene rings is 1. The Kier molecular flexibility index (Phi) is 4.85. The van der Waals surface area contributed by atoms with Crippen molar-refractivity contribution in [3.05, 3.63) is 35.2 Å². The molecule has 3 aromatic rings. The molecule has 0 saturated carbocycles. The van der Waals surface area contributed by atoms with Crippen LogP contribution in [0.15, 0.2) is 24.4 Å². The van der Waals surface area contributed by atoms with Gasteiger partial charge in [-0.15, -0.1) is 5.10 Å². The summed E-state index contributed by atoms with van der Waals surface area (Å²) in [5.74, 6) is -0.434. The van der Waals surface area contributed by atoms with Gasteiger partial charge in [-0.25, -0.2) is 13.9 Å². The van der Waals surface area contributed by atoms with E-state index in [2.05, 4.69) is 20.3 Å². The zero-order valence-corrected chi connectivity index (χ0v) is 15.0. The standard InChI is InChI=1S/C16H17ClFN5OS/c17-12-9-11(1-2-13(12)18)14-10-23-16(20-14)25-15(21-23)19-3-4-22-5-7-24-8-6-22/h1-2,9-10H,3-8H2,(H,19,21). The Bertz CT molecular complexity index is 845. The second kappa shape index (κ2) is 7.25. The predicted octanol–water partition coefficient (Wildman–Crippen LogP) is 2.99. The van der Waals surface area contributed by atoms with Crippen molar-refractivity contribution in [2.24, 2.45) is 0 Å². The Balaban J connectivity index is 1.41. The molecule has 6 nitrogen and oxygen atoms in total. The summed E-state index contributed by atoms with van der Waals surface area (Å²) in [4.78, 5) is 7.69. The van der Waals surface area contributed by atoms with Gasteiger partial charge in [-0.2, -0.15) is 0 Å². The first-order chi connectivity index (χ1) is 12.2. The molecule has 25 heavy (non-hydrogen) atoms. The zero-order valence-electron chi connectivity index (χ0n) is 13.4. The molecule has 2 aromatic heterocycles. The maximum Gasteiger partial charge on any atom is 0.214 e. The van der Waals surface area contributed by atoms with E-state index >= 15 is 0 Å². The van der Waals surface area contributed by atoms with Gasteiger partial charge < -0.3 is 10.1 Å². The number of aromatic nitrogens is 3. The fourth-order valence-electron chi connectivity index (χ4n) is 2.71. The fraction of sp³-hybridized carbons (Fsp3) is 0.375. The second-order valence-corrected chi connectivity index (χ2v) is 7.13. The van der Waals surface area contributed by atoms with E-state index in [0.29, 0.717) is 0 Å². The van der Waals surface area contributed by atoms with Crippen LogP contribution in [0.2, 0.25) is 5.02 Å². The van der Waals surface area contributed by atoms with Crippen molar-refractivity contribution >= 4 is 33.0 Å². The summed E-state index contributed by atoms with van der Waals surface area (Å²) < 4.78 is 20.4. The van der Waals surface area contributed by atoms with Crippen LogP contribution >= 0.6 is 22.9 Å². The van der Waals surface area contributed by atoms with Crippen LogP contribution in [-0.2, 0) is 4.74 Å². The highest BCUT2D eigenvalue weighted by Crippen LogP contribution is 2.27. The quantitative estimate of drug-likeness (QED) is 0.736. The molecule has 0 amide bonds. The number of hydrogen-bond acceptors (Lipinski definition) is 6. The number of anilines is 1. The van der Waals surface area contributed by atoms with Gasteiger partial charge in [-0.05, 0) is 18.2 Å². The molecule has 0 spiro atoms. The summed E-state index contributed by atoms with van der Waals surface area (Å²) >= 11 is 7.32. The third-order valence-electron chi connectivity index (χ3n) is 4.07. The molecule has 1 fully saturated rings. The van der Waals surface area contributed by atoms with Gasteiger partial charge in [0, 0.05) is 31.7 Å². The largest absolute Gasteiger partial charge is 0.379 e. The Hall–Kier alpha value is -1.74. The van der Waals surface area contributed by atoms with E-state index in [1.165, 1.54) is 17.4 Å². The van der Waals surface area contributed by atoms with Gasteiger partial charge in [-0.3, -0.25) is 4.90 Å². The molecule has 1 N–H and O–H groups in total. The summed E-state index contributed by atoms with van der Waals surface area (Å²) in [5.41, 5.74) is 1.49. The van der Waals surface area contributed by atoms with Crippen LogP contribution in [0, 0.1) is 5.82 Å². The minimum absolute atomic E-state index is 0.0901. The van der Waals surface area contributed by atoms with Crippen LogP contribution < -0.4 is 5.32 Å². The van der Waals surface area contributed by atoms with Crippen LogP contribution in [-0.4, -0.2) is 58.9 Å². The number of halogens is 2. The van der Waals surface area contributed by atoms with Gasteiger partial charge >= 0.3 is 0 Å². The van der Waals surface area contributed by atoms with Crippen molar-refractivity contribution < 1.29 is 9.13 Å². The molecule has 1 aromatic carbocycles. The van der Waals surface area contributed by atoms with Crippen LogP contribution in [0.5, 0.6) is 0 Å². The minimum Gasteiger partial charge on any atom is -0.379 e. The molecule has 0 radical (unpaired) electrons. The molecule has 1 saturated heterocycles. The number of hydrogen-bond donors (Lipinski definition) is 1. The third-order valence-corrected chi connectivity index (χ3v) is 5.24. The number of rotatable bonds is 5. The topological polar surface area (TPSA) is 54.7 Å². The third kappa shape index (κ3) is 3.77. The number of ether oxygens (including phenoxy) is 1. The number of morpholine rings is 1. The first-order valence-electron chi connectivity index (χ1n) is 8.05. The molecule has 0 aliphatic carbocycles. The van der Waals surface area contributed by atoms with Crippen molar-refractivity contribution in [3.8, 4) is 11.3 Å². The normalized spacial score (nSPS) is 15.8. The van der Waals surface area contributed by atoms with Crippen molar-refractivity contribution in [3.63, 3.8) is 0 Å². The maximum absolute atomic E-state index is 13.3. The summed E-state index contributed by atoms with van der Waals surface area (Å²) in [5, 5.41) is 8.75. The first-order valence-corrected chi connectivity index (χ1v) is 9.24. The van der Waals surface area contributed by atoms with Crippen LogP contribution in [0.3, 0.4) is 0 Å². The van der Waals surface area contributed by atoms with Crippen LogP contribution in [0.1, 0.15) is 0 Å². The first kappa shape index (κ1) is 16.7. The molecule has 132 valence electrons. The monoisotopic (exact) mass is 381 g/mol. The van der Waals surface area contributed by atoms with E-state index < -0.39 is 5.82 Å². The Morgan fingerprint density at radius 3 is 2.92 bits per heavy atom. The average molecular weight is 382 g/mol. The molecular formula is C16H17ClFN5OS. The lowest BCUT2D eigenvalue weighted by atomic mass is 10.2. The number of nitrogens with zero attached hydrogens (tertiary/aromatic N) is 4. The van der Waals surface area contributed by atoms with Gasteiger partial charge in [0.15, 0.2) is 0 Å². The van der Waals surface area contributed by atoms with Gasteiger partial charge in [0.25, 0.3) is 0 Å². The lowest BCUT2D eigenvalue weighted by Gasteiger charge is -2.26. The lowest BCUT2D eigenvalue weighted by Crippen LogP contribution is -2.39. The summed E-state index contributed by atoms with van der Waals surface area (Å²) in [6.07, 6.45) is 1.82. The van der Waals surface area contributed by atoms with E-state index in [1.807, 2.05) is 6.20 Å². The predicted molar refractivity (Wildman–Crippen MR) is 97.0 cm³/mol. The van der Waals surface area contributed by atoms with Gasteiger partial charge in [0.2, 0.25) is 10.1 Å². The van der Waals surface area contributed by atoms with Gasteiger partial charge in [0.05, 0.1) is 30.1 Å². The van der Waals surface area contributed by atoms with E-state index in [4.69, 9.17) is 16.3 Å². The smallest absolute Gasteiger partial charge is 0.214 e. The Morgan fingerprint density at radius 1 is 1.32 bits per heavy atom. The number of fused-ring (bicyclic) bond motifs is 1. The zero-order chi connectivity index (χ0) is 17.2. The summed E-state index contributed by atoms with van der Waals surface area (Å²) in [6, 6.07) is 4.58. The van der Waals surface area contributed by atoms with Gasteiger partial charge in [0.1, 0.15) is 5.82 Å². The Labute approximate surface area is 153 Å². The molecule has 9 heteroatoms.